The zero-order valence-corrected chi connectivity index (χ0v) is 15.9. The van der Waals surface area contributed by atoms with Crippen molar-refractivity contribution in [2.24, 2.45) is 0 Å². The van der Waals surface area contributed by atoms with Gasteiger partial charge in [-0.25, -0.2) is 4.39 Å². The van der Waals surface area contributed by atoms with Gasteiger partial charge in [-0.1, -0.05) is 24.3 Å². The van der Waals surface area contributed by atoms with Crippen molar-refractivity contribution in [1.82, 2.24) is 15.2 Å². The molecule has 136 valence electrons. The molecular formula is C20H21ClFN3S. The second-order valence-electron chi connectivity index (χ2n) is 6.22. The minimum absolute atomic E-state index is 0. The molecule has 0 amide bonds. The second kappa shape index (κ2) is 8.73. The number of piperazine rings is 1. The highest BCUT2D eigenvalue weighted by atomic mass is 35.5. The molecule has 1 N–H and O–H groups in total. The van der Waals surface area contributed by atoms with Gasteiger partial charge < -0.3 is 5.32 Å². The summed E-state index contributed by atoms with van der Waals surface area (Å²) in [6, 6.07) is 15.6. The molecule has 1 saturated heterocycles. The number of nitrogens with zero attached hydrogens (tertiary/aromatic N) is 2. The van der Waals surface area contributed by atoms with Crippen LogP contribution in [-0.2, 0) is 6.54 Å². The Bertz CT molecular complexity index is 840. The van der Waals surface area contributed by atoms with Gasteiger partial charge in [-0.05, 0) is 29.8 Å². The van der Waals surface area contributed by atoms with Crippen LogP contribution in [0.15, 0.2) is 60.9 Å². The molecule has 1 aromatic carbocycles. The summed E-state index contributed by atoms with van der Waals surface area (Å²) < 4.78 is 14.0. The number of nitrogens with one attached hydrogen (secondary N) is 1. The summed E-state index contributed by atoms with van der Waals surface area (Å²) in [4.78, 5) is 8.98. The smallest absolute Gasteiger partial charge is 0.131 e. The van der Waals surface area contributed by atoms with Crippen molar-refractivity contribution >= 4 is 23.7 Å². The minimum Gasteiger partial charge on any atom is -0.314 e. The zero-order valence-electron chi connectivity index (χ0n) is 14.3. The maximum atomic E-state index is 14.0. The van der Waals surface area contributed by atoms with Crippen LogP contribution in [0.5, 0.6) is 0 Å². The van der Waals surface area contributed by atoms with Crippen LogP contribution in [0.2, 0.25) is 0 Å². The van der Waals surface area contributed by atoms with E-state index in [2.05, 4.69) is 27.3 Å². The highest BCUT2D eigenvalue weighted by Crippen LogP contribution is 2.32. The van der Waals surface area contributed by atoms with E-state index in [-0.39, 0.29) is 18.2 Å². The molecule has 1 atom stereocenters. The summed E-state index contributed by atoms with van der Waals surface area (Å²) in [5.74, 6) is -0.161. The van der Waals surface area contributed by atoms with Gasteiger partial charge in [0.15, 0.2) is 0 Å². The fourth-order valence-electron chi connectivity index (χ4n) is 3.31. The van der Waals surface area contributed by atoms with E-state index in [0.29, 0.717) is 11.6 Å². The molecule has 1 aliphatic heterocycles. The highest BCUT2D eigenvalue weighted by molar-refractivity contribution is 7.15. The molecule has 1 aliphatic rings. The van der Waals surface area contributed by atoms with Crippen LogP contribution in [-0.4, -0.2) is 29.5 Å². The summed E-state index contributed by atoms with van der Waals surface area (Å²) in [5.41, 5.74) is 1.92. The van der Waals surface area contributed by atoms with E-state index in [4.69, 9.17) is 0 Å². The first kappa shape index (κ1) is 19.0. The van der Waals surface area contributed by atoms with Crippen molar-refractivity contribution in [3.8, 4) is 10.4 Å². The van der Waals surface area contributed by atoms with Crippen molar-refractivity contribution < 1.29 is 4.39 Å². The van der Waals surface area contributed by atoms with Gasteiger partial charge in [0, 0.05) is 59.9 Å². The third kappa shape index (κ3) is 4.13. The van der Waals surface area contributed by atoms with Gasteiger partial charge in [-0.2, -0.15) is 0 Å². The lowest BCUT2D eigenvalue weighted by Gasteiger charge is -2.36. The predicted octanol–water partition coefficient (Wildman–Crippen LogP) is 4.52. The van der Waals surface area contributed by atoms with Gasteiger partial charge in [0.1, 0.15) is 5.82 Å². The van der Waals surface area contributed by atoms with Crippen molar-refractivity contribution in [2.75, 3.05) is 19.6 Å². The first-order chi connectivity index (χ1) is 12.3. The number of pyridine rings is 1. The molecule has 3 aromatic rings. The Morgan fingerprint density at radius 2 is 2.04 bits per heavy atom. The lowest BCUT2D eigenvalue weighted by atomic mass is 10.1. The Labute approximate surface area is 163 Å². The predicted molar refractivity (Wildman–Crippen MR) is 107 cm³/mol. The maximum Gasteiger partial charge on any atom is 0.131 e. The molecule has 3 heterocycles. The van der Waals surface area contributed by atoms with Crippen LogP contribution in [0.3, 0.4) is 0 Å². The highest BCUT2D eigenvalue weighted by Gasteiger charge is 2.24. The number of thiophene rings is 1. The van der Waals surface area contributed by atoms with Crippen molar-refractivity contribution in [2.45, 2.75) is 12.6 Å². The van der Waals surface area contributed by atoms with Crippen LogP contribution in [0.4, 0.5) is 4.39 Å². The Hall–Kier alpha value is -1.79. The first-order valence-electron chi connectivity index (χ1n) is 8.49. The zero-order chi connectivity index (χ0) is 17.1. The molecule has 1 unspecified atom stereocenters. The van der Waals surface area contributed by atoms with Gasteiger partial charge in [0.25, 0.3) is 0 Å². The number of hydrogen-bond donors (Lipinski definition) is 1. The van der Waals surface area contributed by atoms with Gasteiger partial charge in [0.05, 0.1) is 0 Å². The van der Waals surface area contributed by atoms with E-state index in [1.165, 1.54) is 16.5 Å². The average Bonchev–Trinajstić information content (AvgIpc) is 3.11. The van der Waals surface area contributed by atoms with Crippen molar-refractivity contribution in [3.05, 3.63) is 77.2 Å². The number of benzene rings is 1. The Morgan fingerprint density at radius 1 is 1.15 bits per heavy atom. The quantitative estimate of drug-likeness (QED) is 0.711. The number of halogens is 2. The average molecular weight is 390 g/mol. The molecule has 0 bridgehead atoms. The number of rotatable bonds is 4. The van der Waals surface area contributed by atoms with Gasteiger partial charge in [-0.3, -0.25) is 9.88 Å². The molecule has 26 heavy (non-hydrogen) atoms. The summed E-state index contributed by atoms with van der Waals surface area (Å²) in [7, 11) is 0. The molecule has 4 rings (SSSR count). The van der Waals surface area contributed by atoms with Crippen molar-refractivity contribution in [3.63, 3.8) is 0 Å². The molecule has 1 fully saturated rings. The normalized spacial score (nSPS) is 17.7. The third-order valence-corrected chi connectivity index (χ3v) is 5.69. The molecule has 0 saturated carbocycles. The van der Waals surface area contributed by atoms with Gasteiger partial charge >= 0.3 is 0 Å². The Morgan fingerprint density at radius 3 is 2.85 bits per heavy atom. The Balaban J connectivity index is 0.00000196. The lowest BCUT2D eigenvalue weighted by molar-refractivity contribution is 0.155. The third-order valence-electron chi connectivity index (χ3n) is 4.58. The SMILES string of the molecule is Cl.Fc1ccccc1-c1ccc(CN2CCNCC2c2cccnc2)s1. The largest absolute Gasteiger partial charge is 0.314 e. The van der Waals surface area contributed by atoms with Crippen LogP contribution in [0.1, 0.15) is 16.5 Å². The van der Waals surface area contributed by atoms with E-state index >= 15 is 0 Å². The molecule has 0 spiro atoms. The molecule has 0 aliphatic carbocycles. The van der Waals surface area contributed by atoms with E-state index in [0.717, 1.165) is 31.1 Å². The monoisotopic (exact) mass is 389 g/mol. The molecule has 2 aromatic heterocycles. The van der Waals surface area contributed by atoms with Crippen LogP contribution >= 0.6 is 23.7 Å². The van der Waals surface area contributed by atoms with Crippen LogP contribution < -0.4 is 5.32 Å². The topological polar surface area (TPSA) is 28.2 Å². The summed E-state index contributed by atoms with van der Waals surface area (Å²) in [6.45, 7) is 3.78. The number of hydrogen-bond acceptors (Lipinski definition) is 4. The fraction of sp³-hybridized carbons (Fsp3) is 0.250. The van der Waals surface area contributed by atoms with Crippen molar-refractivity contribution in [1.29, 1.82) is 0 Å². The maximum absolute atomic E-state index is 14.0. The van der Waals surface area contributed by atoms with E-state index < -0.39 is 0 Å². The summed E-state index contributed by atoms with van der Waals surface area (Å²) >= 11 is 1.67. The molecule has 0 radical (unpaired) electrons. The number of aromatic nitrogens is 1. The molecule has 6 heteroatoms. The minimum atomic E-state index is -0.161. The van der Waals surface area contributed by atoms with Gasteiger partial charge in [0.2, 0.25) is 0 Å². The summed E-state index contributed by atoms with van der Waals surface area (Å²) in [5, 5.41) is 3.47. The fourth-order valence-corrected chi connectivity index (χ4v) is 4.37. The van der Waals surface area contributed by atoms with E-state index in [1.54, 1.807) is 17.4 Å². The van der Waals surface area contributed by atoms with E-state index in [1.807, 2.05) is 36.7 Å². The standard InChI is InChI=1S/C20H20FN3S.ClH/c21-18-6-2-1-5-17(18)20-8-7-16(25-20)14-24-11-10-23-13-19(24)15-4-3-9-22-12-15;/h1-9,12,19,23H,10-11,13-14H2;1H. The van der Waals surface area contributed by atoms with Crippen LogP contribution in [0.25, 0.3) is 10.4 Å². The molecule has 3 nitrogen and oxygen atoms in total. The van der Waals surface area contributed by atoms with Crippen LogP contribution in [0, 0.1) is 5.82 Å². The second-order valence-corrected chi connectivity index (χ2v) is 7.39. The summed E-state index contributed by atoms with van der Waals surface area (Å²) in [6.07, 6.45) is 3.76. The lowest BCUT2D eigenvalue weighted by Crippen LogP contribution is -2.45. The molecular weight excluding hydrogens is 369 g/mol. The first-order valence-corrected chi connectivity index (χ1v) is 9.31. The van der Waals surface area contributed by atoms with Gasteiger partial charge in [-0.15, -0.1) is 23.7 Å². The Kier molecular flexibility index (Phi) is 6.38. The van der Waals surface area contributed by atoms with E-state index in [9.17, 15) is 4.39 Å².